The summed E-state index contributed by atoms with van der Waals surface area (Å²) in [5, 5.41) is 2.88. The summed E-state index contributed by atoms with van der Waals surface area (Å²) >= 11 is 0. The zero-order valence-electron chi connectivity index (χ0n) is 15.6. The molecule has 1 heterocycles. The van der Waals surface area contributed by atoms with E-state index in [1.807, 2.05) is 45.9 Å². The Morgan fingerprint density at radius 1 is 1.28 bits per heavy atom. The molecule has 0 aromatic heterocycles. The lowest BCUT2D eigenvalue weighted by Gasteiger charge is -2.32. The van der Waals surface area contributed by atoms with Crippen LogP contribution in [0.4, 0.5) is 16.2 Å². The summed E-state index contributed by atoms with van der Waals surface area (Å²) in [5.41, 5.74) is 2.11. The molecule has 0 bridgehead atoms. The molecule has 138 valence electrons. The Morgan fingerprint density at radius 2 is 2.04 bits per heavy atom. The molecule has 6 heteroatoms. The molecule has 0 unspecified atom stereocenters. The van der Waals surface area contributed by atoms with Crippen LogP contribution in [0, 0.1) is 0 Å². The van der Waals surface area contributed by atoms with Gasteiger partial charge < -0.3 is 14.8 Å². The maximum atomic E-state index is 12.4. The number of rotatable bonds is 5. The molecule has 2 rings (SSSR count). The van der Waals surface area contributed by atoms with Gasteiger partial charge in [0.1, 0.15) is 5.60 Å². The van der Waals surface area contributed by atoms with Crippen molar-refractivity contribution in [1.29, 1.82) is 0 Å². The lowest BCUT2D eigenvalue weighted by atomic mass is 10.0. The Hall–Kier alpha value is -2.08. The van der Waals surface area contributed by atoms with Crippen molar-refractivity contribution < 1.29 is 19.1 Å². The number of benzene rings is 1. The van der Waals surface area contributed by atoms with Crippen molar-refractivity contribution in [3.05, 3.63) is 23.8 Å². The minimum absolute atomic E-state index is 0.0757. The first kappa shape index (κ1) is 19.2. The highest BCUT2D eigenvalue weighted by Gasteiger charge is 2.27. The summed E-state index contributed by atoms with van der Waals surface area (Å²) in [7, 11) is 0. The first-order valence-corrected chi connectivity index (χ1v) is 8.81. The highest BCUT2D eigenvalue weighted by molar-refractivity contribution is 5.93. The van der Waals surface area contributed by atoms with Crippen LogP contribution in [0.15, 0.2) is 18.2 Å². The van der Waals surface area contributed by atoms with Crippen LogP contribution < -0.4 is 10.2 Å². The Bertz CT molecular complexity index is 622. The van der Waals surface area contributed by atoms with E-state index < -0.39 is 5.60 Å². The molecular formula is C19H28N2O4. The maximum Gasteiger partial charge on any atom is 0.414 e. The van der Waals surface area contributed by atoms with E-state index in [1.54, 1.807) is 4.90 Å². The largest absolute Gasteiger partial charge is 0.443 e. The fourth-order valence-corrected chi connectivity index (χ4v) is 2.71. The zero-order valence-corrected chi connectivity index (χ0v) is 15.6. The average molecular weight is 348 g/mol. The van der Waals surface area contributed by atoms with Crippen molar-refractivity contribution in [3.8, 4) is 0 Å². The molecule has 25 heavy (non-hydrogen) atoms. The highest BCUT2D eigenvalue weighted by atomic mass is 16.6. The van der Waals surface area contributed by atoms with Crippen LogP contribution in [0.1, 0.15) is 46.1 Å². The van der Waals surface area contributed by atoms with Gasteiger partial charge in [0, 0.05) is 18.8 Å². The summed E-state index contributed by atoms with van der Waals surface area (Å²) in [5.74, 6) is -0.0757. The van der Waals surface area contributed by atoms with E-state index in [-0.39, 0.29) is 12.0 Å². The summed E-state index contributed by atoms with van der Waals surface area (Å²) in [6.45, 7) is 9.13. The third-order valence-corrected chi connectivity index (χ3v) is 3.77. The molecule has 1 aromatic carbocycles. The van der Waals surface area contributed by atoms with E-state index in [0.717, 1.165) is 29.8 Å². The van der Waals surface area contributed by atoms with E-state index in [0.29, 0.717) is 26.2 Å². The van der Waals surface area contributed by atoms with Crippen molar-refractivity contribution in [2.75, 3.05) is 30.0 Å². The second-order valence-electron chi connectivity index (χ2n) is 7.07. The van der Waals surface area contributed by atoms with E-state index in [9.17, 15) is 9.59 Å². The van der Waals surface area contributed by atoms with Gasteiger partial charge in [-0.25, -0.2) is 4.79 Å². The number of hydrogen-bond donors (Lipinski definition) is 1. The molecule has 1 N–H and O–H groups in total. The van der Waals surface area contributed by atoms with Crippen LogP contribution >= 0.6 is 0 Å². The van der Waals surface area contributed by atoms with Crippen LogP contribution in [0.2, 0.25) is 0 Å². The van der Waals surface area contributed by atoms with E-state index >= 15 is 0 Å². The number of amides is 2. The molecule has 0 spiro atoms. The number of ether oxygens (including phenoxy) is 2. The van der Waals surface area contributed by atoms with E-state index in [4.69, 9.17) is 9.47 Å². The Morgan fingerprint density at radius 3 is 2.72 bits per heavy atom. The summed E-state index contributed by atoms with van der Waals surface area (Å²) in [6, 6.07) is 5.63. The fraction of sp³-hybridized carbons (Fsp3) is 0.579. The van der Waals surface area contributed by atoms with Crippen LogP contribution in [-0.4, -0.2) is 37.4 Å². The first-order valence-electron chi connectivity index (χ1n) is 8.81. The number of nitrogens with one attached hydrogen (secondary N) is 1. The smallest absolute Gasteiger partial charge is 0.414 e. The number of hydrogen-bond acceptors (Lipinski definition) is 4. The maximum absolute atomic E-state index is 12.4. The van der Waals surface area contributed by atoms with Crippen molar-refractivity contribution in [1.82, 2.24) is 0 Å². The van der Waals surface area contributed by atoms with Crippen LogP contribution in [0.3, 0.4) is 0 Å². The van der Waals surface area contributed by atoms with Gasteiger partial charge >= 0.3 is 6.09 Å². The number of carbonyl (C=O) groups excluding carboxylic acids is 2. The topological polar surface area (TPSA) is 67.9 Å². The Labute approximate surface area is 149 Å². The monoisotopic (exact) mass is 348 g/mol. The van der Waals surface area contributed by atoms with Crippen LogP contribution in [0.25, 0.3) is 0 Å². The Kier molecular flexibility index (Phi) is 6.42. The predicted molar refractivity (Wildman–Crippen MR) is 98.1 cm³/mol. The minimum atomic E-state index is -0.525. The number of nitrogens with zero attached hydrogens (tertiary/aromatic N) is 1. The van der Waals surface area contributed by atoms with Crippen molar-refractivity contribution in [3.63, 3.8) is 0 Å². The van der Waals surface area contributed by atoms with E-state index in [1.165, 1.54) is 0 Å². The molecule has 0 radical (unpaired) electrons. The molecule has 0 saturated carbocycles. The van der Waals surface area contributed by atoms with Gasteiger partial charge in [-0.3, -0.25) is 9.69 Å². The van der Waals surface area contributed by atoms with E-state index in [2.05, 4.69) is 5.32 Å². The molecule has 2 amide bonds. The van der Waals surface area contributed by atoms with Gasteiger partial charge in [0.2, 0.25) is 5.91 Å². The van der Waals surface area contributed by atoms with Gasteiger partial charge in [-0.15, -0.1) is 0 Å². The van der Waals surface area contributed by atoms with Gasteiger partial charge in [-0.1, -0.05) is 0 Å². The Balaban J connectivity index is 2.06. The quantitative estimate of drug-likeness (QED) is 0.823. The third kappa shape index (κ3) is 5.74. The zero-order chi connectivity index (χ0) is 18.4. The number of aryl methyl sites for hydroxylation is 1. The molecule has 1 aromatic rings. The average Bonchev–Trinajstić information content (AvgIpc) is 2.52. The predicted octanol–water partition coefficient (Wildman–Crippen LogP) is 3.74. The van der Waals surface area contributed by atoms with Crippen molar-refractivity contribution >= 4 is 23.4 Å². The molecule has 0 atom stereocenters. The van der Waals surface area contributed by atoms with Gasteiger partial charge in [0.25, 0.3) is 0 Å². The van der Waals surface area contributed by atoms with Gasteiger partial charge in [-0.2, -0.15) is 0 Å². The third-order valence-electron chi connectivity index (χ3n) is 3.77. The van der Waals surface area contributed by atoms with Crippen LogP contribution in [0.5, 0.6) is 0 Å². The standard InChI is InChI=1S/C19H28N2O4/c1-5-24-12-10-17(22)20-15-8-9-16-14(13-15)7-6-11-21(16)18(23)25-19(2,3)4/h8-9,13H,5-7,10-12H2,1-4H3,(H,20,22). The van der Waals surface area contributed by atoms with Gasteiger partial charge in [-0.05, 0) is 64.3 Å². The number of anilines is 2. The van der Waals surface area contributed by atoms with Crippen molar-refractivity contribution in [2.24, 2.45) is 0 Å². The lowest BCUT2D eigenvalue weighted by Crippen LogP contribution is -2.39. The molecule has 0 saturated heterocycles. The summed E-state index contributed by atoms with van der Waals surface area (Å²) in [4.78, 5) is 26.0. The lowest BCUT2D eigenvalue weighted by molar-refractivity contribution is -0.117. The molecular weight excluding hydrogens is 320 g/mol. The normalized spacial score (nSPS) is 14.0. The first-order chi connectivity index (χ1) is 11.8. The summed E-state index contributed by atoms with van der Waals surface area (Å²) in [6.07, 6.45) is 1.74. The molecule has 1 aliphatic heterocycles. The fourth-order valence-electron chi connectivity index (χ4n) is 2.71. The summed E-state index contributed by atoms with van der Waals surface area (Å²) < 4.78 is 10.7. The van der Waals surface area contributed by atoms with Gasteiger partial charge in [0.05, 0.1) is 18.7 Å². The minimum Gasteiger partial charge on any atom is -0.443 e. The van der Waals surface area contributed by atoms with Crippen LogP contribution in [-0.2, 0) is 20.7 Å². The number of fused-ring (bicyclic) bond motifs is 1. The molecule has 6 nitrogen and oxygen atoms in total. The molecule has 0 aliphatic carbocycles. The second kappa shape index (κ2) is 8.34. The number of carbonyl (C=O) groups is 2. The molecule has 1 aliphatic rings. The molecule has 0 fully saturated rings. The van der Waals surface area contributed by atoms with Gasteiger partial charge in [0.15, 0.2) is 0 Å². The van der Waals surface area contributed by atoms with Crippen molar-refractivity contribution in [2.45, 2.75) is 52.6 Å². The SMILES string of the molecule is CCOCCC(=O)Nc1ccc2c(c1)CCCN2C(=O)OC(C)(C)C. The highest BCUT2D eigenvalue weighted by Crippen LogP contribution is 2.31. The second-order valence-corrected chi connectivity index (χ2v) is 7.07.